The van der Waals surface area contributed by atoms with E-state index in [0.717, 1.165) is 24.2 Å². The Labute approximate surface area is 86.3 Å². The number of aromatic nitrogens is 2. The lowest BCUT2D eigenvalue weighted by Crippen LogP contribution is -1.91. The van der Waals surface area contributed by atoms with Crippen LogP contribution in [0, 0.1) is 0 Å². The highest BCUT2D eigenvalue weighted by atomic mass is 16.5. The minimum atomic E-state index is 0.165. The monoisotopic (exact) mass is 202 g/mol. The smallest absolute Gasteiger partial charge is 0.261 e. The fraction of sp³-hybridized carbons (Fsp3) is 0.200. The van der Waals surface area contributed by atoms with Crippen LogP contribution in [0.1, 0.15) is 5.56 Å². The molecule has 1 aliphatic rings. The van der Waals surface area contributed by atoms with Gasteiger partial charge in [0.2, 0.25) is 0 Å². The highest BCUT2D eigenvalue weighted by molar-refractivity contribution is 5.66. The van der Waals surface area contributed by atoms with Crippen LogP contribution in [0.25, 0.3) is 11.5 Å². The second-order valence-corrected chi connectivity index (χ2v) is 3.51. The Balaban J connectivity index is 2.06. The van der Waals surface area contributed by atoms with Gasteiger partial charge in [0.1, 0.15) is 0 Å². The summed E-state index contributed by atoms with van der Waals surface area (Å²) < 4.78 is 5.00. The number of benzene rings is 1. The van der Waals surface area contributed by atoms with Gasteiger partial charge in [0.15, 0.2) is 0 Å². The minimum Gasteiger partial charge on any atom is -0.384 e. The molecule has 0 saturated heterocycles. The van der Waals surface area contributed by atoms with Gasteiger partial charge in [-0.05, 0) is 29.3 Å². The quantitative estimate of drug-likeness (QED) is 0.728. The van der Waals surface area contributed by atoms with Crippen molar-refractivity contribution < 1.29 is 4.52 Å². The van der Waals surface area contributed by atoms with E-state index in [2.05, 4.69) is 21.5 Å². The van der Waals surface area contributed by atoms with Crippen molar-refractivity contribution in [1.29, 1.82) is 0 Å². The van der Waals surface area contributed by atoms with Crippen LogP contribution in [0.3, 0.4) is 0 Å². The molecule has 1 aromatic heterocycles. The van der Waals surface area contributed by atoms with E-state index in [-0.39, 0.29) is 5.95 Å². The summed E-state index contributed by atoms with van der Waals surface area (Å²) >= 11 is 0. The summed E-state index contributed by atoms with van der Waals surface area (Å²) in [6.07, 6.45) is 1.07. The maximum atomic E-state index is 5.40. The molecule has 0 radical (unpaired) electrons. The molecule has 0 saturated carbocycles. The van der Waals surface area contributed by atoms with Crippen molar-refractivity contribution in [3.63, 3.8) is 0 Å². The van der Waals surface area contributed by atoms with Crippen molar-refractivity contribution in [2.45, 2.75) is 6.42 Å². The number of anilines is 2. The number of hydrogen-bond acceptors (Lipinski definition) is 5. The molecule has 3 N–H and O–H groups in total. The van der Waals surface area contributed by atoms with Gasteiger partial charge < -0.3 is 15.6 Å². The number of nitrogens with zero attached hydrogens (tertiary/aromatic N) is 2. The van der Waals surface area contributed by atoms with E-state index >= 15 is 0 Å². The zero-order chi connectivity index (χ0) is 10.3. The molecular formula is C10H10N4O. The third-order valence-electron chi connectivity index (χ3n) is 2.51. The predicted molar refractivity (Wildman–Crippen MR) is 56.3 cm³/mol. The Morgan fingerprint density at radius 1 is 1.40 bits per heavy atom. The zero-order valence-electron chi connectivity index (χ0n) is 8.03. The number of fused-ring (bicyclic) bond motifs is 1. The van der Waals surface area contributed by atoms with E-state index in [1.54, 1.807) is 0 Å². The van der Waals surface area contributed by atoms with Crippen molar-refractivity contribution in [2.75, 3.05) is 17.6 Å². The Morgan fingerprint density at radius 2 is 2.33 bits per heavy atom. The summed E-state index contributed by atoms with van der Waals surface area (Å²) in [7, 11) is 0. The van der Waals surface area contributed by atoms with Crippen molar-refractivity contribution in [1.82, 2.24) is 10.1 Å². The van der Waals surface area contributed by atoms with Crippen LogP contribution >= 0.6 is 0 Å². The summed E-state index contributed by atoms with van der Waals surface area (Å²) in [5.74, 6) is 0.627. The molecule has 0 fully saturated rings. The summed E-state index contributed by atoms with van der Waals surface area (Å²) in [5, 5.41) is 6.85. The van der Waals surface area contributed by atoms with Crippen LogP contribution in [0.2, 0.25) is 0 Å². The number of nitrogen functional groups attached to an aromatic ring is 1. The Bertz CT molecular complexity index is 506. The van der Waals surface area contributed by atoms with Gasteiger partial charge in [-0.15, -0.1) is 0 Å². The molecule has 0 spiro atoms. The van der Waals surface area contributed by atoms with Gasteiger partial charge in [-0.2, -0.15) is 4.98 Å². The molecule has 0 amide bonds. The van der Waals surface area contributed by atoms with E-state index in [9.17, 15) is 0 Å². The van der Waals surface area contributed by atoms with E-state index in [0.29, 0.717) is 5.89 Å². The third kappa shape index (κ3) is 1.32. The average molecular weight is 202 g/mol. The topological polar surface area (TPSA) is 77.0 Å². The zero-order valence-corrected chi connectivity index (χ0v) is 8.03. The first-order chi connectivity index (χ1) is 7.33. The summed E-state index contributed by atoms with van der Waals surface area (Å²) in [6, 6.07) is 6.05. The first-order valence-electron chi connectivity index (χ1n) is 4.79. The number of rotatable bonds is 1. The van der Waals surface area contributed by atoms with Gasteiger partial charge in [0.05, 0.1) is 0 Å². The van der Waals surface area contributed by atoms with Gasteiger partial charge in [0, 0.05) is 17.8 Å². The Hall–Kier alpha value is -2.04. The molecule has 1 aromatic carbocycles. The van der Waals surface area contributed by atoms with Crippen molar-refractivity contribution >= 4 is 11.6 Å². The molecule has 0 unspecified atom stereocenters. The van der Waals surface area contributed by atoms with Crippen LogP contribution in [0.15, 0.2) is 22.7 Å². The fourth-order valence-corrected chi connectivity index (χ4v) is 1.78. The van der Waals surface area contributed by atoms with Crippen molar-refractivity contribution in [3.8, 4) is 11.5 Å². The molecule has 1 aliphatic heterocycles. The Morgan fingerprint density at radius 3 is 3.13 bits per heavy atom. The molecule has 5 heteroatoms. The highest BCUT2D eigenvalue weighted by Crippen LogP contribution is 2.28. The SMILES string of the molecule is Nc1noc(-c2ccc3c(c2)NCC3)n1. The molecular weight excluding hydrogens is 192 g/mol. The largest absolute Gasteiger partial charge is 0.384 e. The lowest BCUT2D eigenvalue weighted by atomic mass is 10.1. The third-order valence-corrected chi connectivity index (χ3v) is 2.51. The molecule has 3 rings (SSSR count). The second kappa shape index (κ2) is 2.98. The average Bonchev–Trinajstić information content (AvgIpc) is 2.84. The minimum absolute atomic E-state index is 0.165. The van der Waals surface area contributed by atoms with Gasteiger partial charge in [0.25, 0.3) is 11.8 Å². The van der Waals surface area contributed by atoms with Gasteiger partial charge in [-0.3, -0.25) is 0 Å². The Kier molecular flexibility index (Phi) is 1.65. The van der Waals surface area contributed by atoms with Crippen LogP contribution < -0.4 is 11.1 Å². The maximum absolute atomic E-state index is 5.40. The predicted octanol–water partition coefficient (Wildman–Crippen LogP) is 1.29. The maximum Gasteiger partial charge on any atom is 0.261 e. The lowest BCUT2D eigenvalue weighted by Gasteiger charge is -2.00. The summed E-state index contributed by atoms with van der Waals surface area (Å²) in [6.45, 7) is 0.991. The van der Waals surface area contributed by atoms with E-state index < -0.39 is 0 Å². The van der Waals surface area contributed by atoms with E-state index in [1.807, 2.05) is 12.1 Å². The highest BCUT2D eigenvalue weighted by Gasteiger charge is 2.13. The molecule has 0 atom stereocenters. The number of hydrogen-bond donors (Lipinski definition) is 2. The normalized spacial score (nSPS) is 13.6. The second-order valence-electron chi connectivity index (χ2n) is 3.51. The van der Waals surface area contributed by atoms with Crippen LogP contribution in [0.4, 0.5) is 11.6 Å². The van der Waals surface area contributed by atoms with Crippen molar-refractivity contribution in [2.24, 2.45) is 0 Å². The summed E-state index contributed by atoms with van der Waals surface area (Å²) in [5.41, 5.74) is 8.76. The van der Waals surface area contributed by atoms with Crippen LogP contribution in [-0.4, -0.2) is 16.7 Å². The van der Waals surface area contributed by atoms with Gasteiger partial charge in [-0.1, -0.05) is 6.07 Å². The molecule has 5 nitrogen and oxygen atoms in total. The first-order valence-corrected chi connectivity index (χ1v) is 4.79. The molecule has 0 bridgehead atoms. The molecule has 15 heavy (non-hydrogen) atoms. The molecule has 0 aliphatic carbocycles. The number of nitrogens with two attached hydrogens (primary N) is 1. The van der Waals surface area contributed by atoms with Gasteiger partial charge >= 0.3 is 0 Å². The van der Waals surface area contributed by atoms with Crippen LogP contribution in [-0.2, 0) is 6.42 Å². The standard InChI is InChI=1S/C10H10N4O/c11-10-13-9(15-14-10)7-2-1-6-3-4-12-8(6)5-7/h1-2,5,12H,3-4H2,(H2,11,14). The van der Waals surface area contributed by atoms with E-state index in [1.165, 1.54) is 5.56 Å². The van der Waals surface area contributed by atoms with E-state index in [4.69, 9.17) is 10.3 Å². The first kappa shape index (κ1) is 8.28. The van der Waals surface area contributed by atoms with Gasteiger partial charge in [-0.25, -0.2) is 0 Å². The fourth-order valence-electron chi connectivity index (χ4n) is 1.78. The summed E-state index contributed by atoms with van der Waals surface area (Å²) in [4.78, 5) is 3.98. The van der Waals surface area contributed by atoms with Crippen molar-refractivity contribution in [3.05, 3.63) is 23.8 Å². The molecule has 2 aromatic rings. The lowest BCUT2D eigenvalue weighted by molar-refractivity contribution is 0.433. The number of nitrogens with one attached hydrogen (secondary N) is 1. The van der Waals surface area contributed by atoms with Crippen LogP contribution in [0.5, 0.6) is 0 Å². The molecule has 2 heterocycles. The molecule has 76 valence electrons.